The fraction of sp³-hybridized carbons (Fsp3) is 0.667. The lowest BCUT2D eigenvalue weighted by molar-refractivity contribution is -0.144. The van der Waals surface area contributed by atoms with Gasteiger partial charge in [-0.2, -0.15) is 0 Å². The zero-order valence-corrected chi connectivity index (χ0v) is 24.7. The summed E-state index contributed by atoms with van der Waals surface area (Å²) in [5, 5.41) is 6.03. The highest BCUT2D eigenvalue weighted by atomic mass is 79.9. The third-order valence-corrected chi connectivity index (χ3v) is 7.71. The first kappa shape index (κ1) is 30.2. The van der Waals surface area contributed by atoms with Gasteiger partial charge in [0.1, 0.15) is 5.75 Å². The Morgan fingerprint density at radius 1 is 1.29 bits per heavy atom. The summed E-state index contributed by atoms with van der Waals surface area (Å²) < 4.78 is 17.1. The highest BCUT2D eigenvalue weighted by molar-refractivity contribution is 9.10. The number of fused-ring (bicyclic) bond motifs is 1. The fourth-order valence-electron chi connectivity index (χ4n) is 5.22. The van der Waals surface area contributed by atoms with Crippen molar-refractivity contribution in [1.29, 1.82) is 0 Å². The van der Waals surface area contributed by atoms with Crippen molar-refractivity contribution in [2.45, 2.75) is 71.1 Å². The number of methoxy groups -OCH3 is 1. The van der Waals surface area contributed by atoms with Crippen LogP contribution < -0.4 is 20.3 Å². The topological polar surface area (TPSA) is 109 Å². The van der Waals surface area contributed by atoms with E-state index in [9.17, 15) is 14.4 Å². The van der Waals surface area contributed by atoms with Gasteiger partial charge in [-0.3, -0.25) is 9.59 Å². The number of nitrogens with one attached hydrogen (secondary N) is 2. The zero-order chi connectivity index (χ0) is 27.9. The number of rotatable bonds is 6. The summed E-state index contributed by atoms with van der Waals surface area (Å²) in [6, 6.07) is 3.62. The van der Waals surface area contributed by atoms with Crippen molar-refractivity contribution in [1.82, 2.24) is 15.5 Å². The van der Waals surface area contributed by atoms with Crippen LogP contribution in [0.25, 0.3) is 0 Å². The van der Waals surface area contributed by atoms with Crippen LogP contribution in [0.1, 0.15) is 63.7 Å². The van der Waals surface area contributed by atoms with Gasteiger partial charge in [-0.15, -0.1) is 0 Å². The Morgan fingerprint density at radius 2 is 2.00 bits per heavy atom. The quantitative estimate of drug-likeness (QED) is 0.515. The third-order valence-electron chi connectivity index (χ3n) is 7.06. The molecule has 0 unspecified atom stereocenters. The molecule has 38 heavy (non-hydrogen) atoms. The van der Waals surface area contributed by atoms with Gasteiger partial charge in [0.15, 0.2) is 5.60 Å². The lowest BCUT2D eigenvalue weighted by Crippen LogP contribution is -2.59. The maximum Gasteiger partial charge on any atom is 0.406 e. The molecule has 3 heterocycles. The maximum absolute atomic E-state index is 13.9. The first-order chi connectivity index (χ1) is 18.3. The molecule has 3 amide bonds. The number of nitrogens with zero attached hydrogens (tertiary/aromatic N) is 2. The molecule has 1 atom stereocenters. The Hall–Kier alpha value is -2.37. The summed E-state index contributed by atoms with van der Waals surface area (Å²) in [7, 11) is 1.29. The Kier molecular flexibility index (Phi) is 10.8. The van der Waals surface area contributed by atoms with E-state index in [1.807, 2.05) is 32.6 Å². The number of benzene rings is 1. The molecule has 0 aliphatic carbocycles. The second-order valence-corrected chi connectivity index (χ2v) is 10.5. The number of alkyl carbamates (subject to hydrolysis) is 1. The number of carbonyl (C=O) groups is 3. The molecule has 2 N–H and O–H groups in total. The minimum atomic E-state index is -1.03. The largest absolute Gasteiger partial charge is 0.475 e. The molecule has 10 nitrogen and oxygen atoms in total. The highest BCUT2D eigenvalue weighted by Crippen LogP contribution is 2.44. The predicted octanol–water partition coefficient (Wildman–Crippen LogP) is 3.71. The second-order valence-electron chi connectivity index (χ2n) is 9.69. The Bertz CT molecular complexity index is 992. The average molecular weight is 598 g/mol. The highest BCUT2D eigenvalue weighted by Gasteiger charge is 2.49. The Morgan fingerprint density at radius 3 is 2.61 bits per heavy atom. The minimum Gasteiger partial charge on any atom is -0.475 e. The molecule has 2 fully saturated rings. The van der Waals surface area contributed by atoms with Gasteiger partial charge < -0.3 is 34.6 Å². The Labute approximate surface area is 233 Å². The smallest absolute Gasteiger partial charge is 0.406 e. The van der Waals surface area contributed by atoms with Crippen LogP contribution in [0.3, 0.4) is 0 Å². The molecule has 11 heteroatoms. The molecular formula is C27H41BrN4O6. The van der Waals surface area contributed by atoms with Crippen LogP contribution in [-0.2, 0) is 14.3 Å². The zero-order valence-electron chi connectivity index (χ0n) is 23.1. The van der Waals surface area contributed by atoms with Crippen molar-refractivity contribution in [3.63, 3.8) is 0 Å². The molecule has 0 bridgehead atoms. The molecular weight excluding hydrogens is 556 g/mol. The first-order valence-electron chi connectivity index (χ1n) is 13.5. The van der Waals surface area contributed by atoms with E-state index in [1.165, 1.54) is 7.11 Å². The van der Waals surface area contributed by atoms with Crippen molar-refractivity contribution in [3.8, 4) is 5.75 Å². The molecule has 0 saturated carbocycles. The van der Waals surface area contributed by atoms with Gasteiger partial charge in [0.25, 0.3) is 11.8 Å². The van der Waals surface area contributed by atoms with Gasteiger partial charge in [-0.05, 0) is 61.3 Å². The van der Waals surface area contributed by atoms with E-state index in [4.69, 9.17) is 9.47 Å². The number of halogens is 1. The number of anilines is 1. The van der Waals surface area contributed by atoms with Crippen LogP contribution >= 0.6 is 15.9 Å². The summed E-state index contributed by atoms with van der Waals surface area (Å²) in [5.41, 5.74) is -0.0433. The summed E-state index contributed by atoms with van der Waals surface area (Å²) in [4.78, 5) is 42.8. The number of hydrogen-bond donors (Lipinski definition) is 2. The first-order valence-corrected chi connectivity index (χ1v) is 14.3. The van der Waals surface area contributed by atoms with Crippen molar-refractivity contribution in [2.75, 3.05) is 51.4 Å². The van der Waals surface area contributed by atoms with Crippen LogP contribution in [0, 0.1) is 0 Å². The van der Waals surface area contributed by atoms with Crippen molar-refractivity contribution in [3.05, 3.63) is 22.2 Å². The van der Waals surface area contributed by atoms with E-state index in [1.54, 1.807) is 17.0 Å². The standard InChI is InChI=1S/C25H35BrN4O6.C2H6/c1-16(2)30(17-5-4-8-27-15-17)22(31)18-13-20-21(14-19(18)26)36-25(6-11-35-12-7-25)23(32)29(20)10-9-28-24(33)34-3;1-2/h13-14,16-17,27H,4-12,15H2,1-3H3,(H,28,33);1-2H3/t17-;/m1./s1. The fourth-order valence-corrected chi connectivity index (χ4v) is 5.71. The average Bonchev–Trinajstić information content (AvgIpc) is 2.92. The number of piperidine rings is 1. The molecule has 0 aromatic heterocycles. The minimum absolute atomic E-state index is 0.00841. The van der Waals surface area contributed by atoms with Crippen molar-refractivity contribution < 1.29 is 28.6 Å². The number of hydrogen-bond acceptors (Lipinski definition) is 7. The van der Waals surface area contributed by atoms with E-state index >= 15 is 0 Å². The van der Waals surface area contributed by atoms with E-state index in [0.29, 0.717) is 47.5 Å². The van der Waals surface area contributed by atoms with Gasteiger partial charge in [-0.25, -0.2) is 4.79 Å². The van der Waals surface area contributed by atoms with Crippen LogP contribution in [0.5, 0.6) is 5.75 Å². The lowest BCUT2D eigenvalue weighted by Gasteiger charge is -2.44. The molecule has 4 rings (SSSR count). The number of carbonyl (C=O) groups excluding carboxylic acids is 3. The maximum atomic E-state index is 13.9. The van der Waals surface area contributed by atoms with Gasteiger partial charge in [0.2, 0.25) is 0 Å². The SMILES string of the molecule is CC.COC(=O)NCCN1C(=O)C2(CCOCC2)Oc2cc(Br)c(C(=O)N(C(C)C)[C@@H]3CCCNC3)cc21. The van der Waals surface area contributed by atoms with Crippen LogP contribution in [-0.4, -0.2) is 87.0 Å². The van der Waals surface area contributed by atoms with Gasteiger partial charge >= 0.3 is 6.09 Å². The third kappa shape index (κ3) is 6.43. The molecule has 1 aromatic rings. The van der Waals surface area contributed by atoms with E-state index in [0.717, 1.165) is 25.9 Å². The summed E-state index contributed by atoms with van der Waals surface area (Å²) in [5.74, 6) is 0.233. The normalized spacial score (nSPS) is 20.1. The number of ether oxygens (including phenoxy) is 3. The molecule has 0 radical (unpaired) electrons. The number of amides is 3. The monoisotopic (exact) mass is 596 g/mol. The van der Waals surface area contributed by atoms with E-state index in [-0.39, 0.29) is 37.0 Å². The van der Waals surface area contributed by atoms with Gasteiger partial charge in [-0.1, -0.05) is 13.8 Å². The lowest BCUT2D eigenvalue weighted by atomic mass is 9.90. The molecule has 3 aliphatic rings. The predicted molar refractivity (Wildman–Crippen MR) is 149 cm³/mol. The molecule has 212 valence electrons. The van der Waals surface area contributed by atoms with E-state index < -0.39 is 11.7 Å². The molecule has 1 spiro atoms. The van der Waals surface area contributed by atoms with Crippen molar-refractivity contribution in [2.24, 2.45) is 0 Å². The molecule has 2 saturated heterocycles. The van der Waals surface area contributed by atoms with E-state index in [2.05, 4.69) is 31.3 Å². The summed E-state index contributed by atoms with van der Waals surface area (Å²) in [6.45, 7) is 11.0. The summed E-state index contributed by atoms with van der Waals surface area (Å²) >= 11 is 3.60. The Balaban J connectivity index is 0.00000195. The molecule has 3 aliphatic heterocycles. The van der Waals surface area contributed by atoms with Crippen LogP contribution in [0.4, 0.5) is 10.5 Å². The van der Waals surface area contributed by atoms with Gasteiger partial charge in [0, 0.05) is 49.0 Å². The van der Waals surface area contributed by atoms with Gasteiger partial charge in [0.05, 0.1) is 31.6 Å². The molecule has 1 aromatic carbocycles. The van der Waals surface area contributed by atoms with Crippen molar-refractivity contribution >= 4 is 39.5 Å². The second kappa shape index (κ2) is 13.6. The van der Waals surface area contributed by atoms with Crippen LogP contribution in [0.15, 0.2) is 16.6 Å². The van der Waals surface area contributed by atoms with Crippen LogP contribution in [0.2, 0.25) is 0 Å². The summed E-state index contributed by atoms with van der Waals surface area (Å²) in [6.07, 6.45) is 2.25.